The van der Waals surface area contributed by atoms with Gasteiger partial charge in [-0.25, -0.2) is 0 Å². The first-order chi connectivity index (χ1) is 11.9. The van der Waals surface area contributed by atoms with Gasteiger partial charge in [-0.2, -0.15) is 0 Å². The van der Waals surface area contributed by atoms with Crippen LogP contribution in [0.2, 0.25) is 0 Å². The zero-order chi connectivity index (χ0) is 18.3. The average molecular weight is 347 g/mol. The Balaban J connectivity index is 1.98. The average Bonchev–Trinajstić information content (AvgIpc) is 2.59. The number of rotatable bonds is 7. The second-order valence-corrected chi connectivity index (χ2v) is 7.97. The van der Waals surface area contributed by atoms with Crippen LogP contribution in [0.25, 0.3) is 0 Å². The Morgan fingerprint density at radius 1 is 1.16 bits per heavy atom. The van der Waals surface area contributed by atoms with Crippen molar-refractivity contribution in [2.24, 2.45) is 0 Å². The number of carbonyl (C=O) groups excluding carboxylic acids is 1. The number of nitrogens with zero attached hydrogens (tertiary/aromatic N) is 2. The van der Waals surface area contributed by atoms with E-state index < -0.39 is 0 Å². The van der Waals surface area contributed by atoms with Crippen molar-refractivity contribution in [3.63, 3.8) is 0 Å². The first-order valence-electron chi connectivity index (χ1n) is 9.57. The molecule has 25 heavy (non-hydrogen) atoms. The van der Waals surface area contributed by atoms with Crippen molar-refractivity contribution in [1.29, 1.82) is 0 Å². The lowest BCUT2D eigenvalue weighted by molar-refractivity contribution is -0.132. The van der Waals surface area contributed by atoms with Crippen molar-refractivity contribution < 1.29 is 9.53 Å². The lowest BCUT2D eigenvalue weighted by Crippen LogP contribution is -2.42. The highest BCUT2D eigenvalue weighted by Gasteiger charge is 2.17. The van der Waals surface area contributed by atoms with Crippen molar-refractivity contribution in [3.05, 3.63) is 35.4 Å². The van der Waals surface area contributed by atoms with E-state index in [1.165, 1.54) is 11.1 Å². The van der Waals surface area contributed by atoms with Crippen LogP contribution in [0.1, 0.15) is 51.7 Å². The van der Waals surface area contributed by atoms with Crippen molar-refractivity contribution in [2.75, 3.05) is 39.4 Å². The smallest absolute Gasteiger partial charge is 0.222 e. The van der Waals surface area contributed by atoms with E-state index in [-0.39, 0.29) is 11.3 Å². The molecule has 2 rings (SSSR count). The summed E-state index contributed by atoms with van der Waals surface area (Å²) in [6.45, 7) is 14.7. The molecule has 1 aromatic carbocycles. The van der Waals surface area contributed by atoms with Crippen molar-refractivity contribution in [3.8, 4) is 0 Å². The molecular weight excluding hydrogens is 312 g/mol. The zero-order valence-electron chi connectivity index (χ0n) is 16.4. The quantitative estimate of drug-likeness (QED) is 0.758. The molecule has 0 saturated carbocycles. The van der Waals surface area contributed by atoms with E-state index in [1.807, 2.05) is 4.90 Å². The minimum atomic E-state index is 0.159. The molecule has 0 unspecified atom stereocenters. The van der Waals surface area contributed by atoms with Crippen LogP contribution in [0.3, 0.4) is 0 Å². The minimum absolute atomic E-state index is 0.159. The maximum absolute atomic E-state index is 12.5. The van der Waals surface area contributed by atoms with Gasteiger partial charge in [0, 0.05) is 39.1 Å². The molecule has 0 bridgehead atoms. The van der Waals surface area contributed by atoms with E-state index in [2.05, 4.69) is 56.9 Å². The molecule has 0 radical (unpaired) electrons. The van der Waals surface area contributed by atoms with Crippen LogP contribution < -0.4 is 0 Å². The molecule has 0 aliphatic carbocycles. The van der Waals surface area contributed by atoms with Gasteiger partial charge in [-0.05, 0) is 23.0 Å². The maximum Gasteiger partial charge on any atom is 0.222 e. The number of hydrogen-bond donors (Lipinski definition) is 0. The zero-order valence-corrected chi connectivity index (χ0v) is 16.4. The topological polar surface area (TPSA) is 32.8 Å². The first kappa shape index (κ1) is 19.9. The molecule has 0 atom stereocenters. The van der Waals surface area contributed by atoms with Gasteiger partial charge in [-0.15, -0.1) is 0 Å². The molecule has 1 saturated heterocycles. The predicted octanol–water partition coefficient (Wildman–Crippen LogP) is 3.45. The number of amides is 1. The Hall–Kier alpha value is -1.39. The van der Waals surface area contributed by atoms with E-state index in [4.69, 9.17) is 4.74 Å². The molecule has 1 aromatic rings. The van der Waals surface area contributed by atoms with Gasteiger partial charge in [0.1, 0.15) is 0 Å². The maximum atomic E-state index is 12.5. The summed E-state index contributed by atoms with van der Waals surface area (Å²) in [6.07, 6.45) is 1.53. The van der Waals surface area contributed by atoms with Crippen LogP contribution in [0, 0.1) is 0 Å². The monoisotopic (exact) mass is 346 g/mol. The molecule has 1 fully saturated rings. The van der Waals surface area contributed by atoms with E-state index in [9.17, 15) is 4.79 Å². The van der Waals surface area contributed by atoms with E-state index in [0.717, 1.165) is 45.8 Å². The Morgan fingerprint density at radius 3 is 2.36 bits per heavy atom. The fraction of sp³-hybridized carbons (Fsp3) is 0.667. The molecule has 1 amide bonds. The molecule has 0 N–H and O–H groups in total. The van der Waals surface area contributed by atoms with Crippen LogP contribution >= 0.6 is 0 Å². The van der Waals surface area contributed by atoms with Crippen LogP contribution in [0.4, 0.5) is 0 Å². The predicted molar refractivity (Wildman–Crippen MR) is 103 cm³/mol. The summed E-state index contributed by atoms with van der Waals surface area (Å²) < 4.78 is 5.40. The number of hydrogen-bond acceptors (Lipinski definition) is 3. The van der Waals surface area contributed by atoms with E-state index in [1.54, 1.807) is 0 Å². The highest BCUT2D eigenvalue weighted by Crippen LogP contribution is 2.22. The molecule has 140 valence electrons. The largest absolute Gasteiger partial charge is 0.379 e. The molecule has 4 heteroatoms. The highest BCUT2D eigenvalue weighted by molar-refractivity contribution is 5.76. The van der Waals surface area contributed by atoms with E-state index in [0.29, 0.717) is 13.0 Å². The van der Waals surface area contributed by atoms with Gasteiger partial charge in [-0.3, -0.25) is 9.69 Å². The molecular formula is C21H34N2O2. The number of benzene rings is 1. The molecule has 1 heterocycles. The minimum Gasteiger partial charge on any atom is -0.379 e. The highest BCUT2D eigenvalue weighted by atomic mass is 16.5. The van der Waals surface area contributed by atoms with Crippen molar-refractivity contribution in [2.45, 2.75) is 52.5 Å². The lowest BCUT2D eigenvalue weighted by atomic mass is 9.87. The lowest BCUT2D eigenvalue weighted by Gasteiger charge is -2.30. The molecule has 0 aromatic heterocycles. The molecule has 0 spiro atoms. The summed E-state index contributed by atoms with van der Waals surface area (Å²) >= 11 is 0. The van der Waals surface area contributed by atoms with Gasteiger partial charge in [0.15, 0.2) is 0 Å². The van der Waals surface area contributed by atoms with Crippen molar-refractivity contribution in [1.82, 2.24) is 9.80 Å². The number of carbonyl (C=O) groups is 1. The summed E-state index contributed by atoms with van der Waals surface area (Å²) in [7, 11) is 0. The van der Waals surface area contributed by atoms with Gasteiger partial charge in [0.2, 0.25) is 5.91 Å². The molecule has 4 nitrogen and oxygen atoms in total. The third-order valence-corrected chi connectivity index (χ3v) is 4.80. The standard InChI is InChI=1S/C21H34N2O2/c1-5-6-20(24)23(12-11-22-13-15-25-16-14-22)17-18-7-9-19(10-8-18)21(2,3)4/h7-10H,5-6,11-17H2,1-4H3. The van der Waals surface area contributed by atoms with Gasteiger partial charge >= 0.3 is 0 Å². The Kier molecular flexibility index (Phi) is 7.45. The Labute approximate surface area is 153 Å². The fourth-order valence-corrected chi connectivity index (χ4v) is 3.08. The van der Waals surface area contributed by atoms with Gasteiger partial charge < -0.3 is 9.64 Å². The summed E-state index contributed by atoms with van der Waals surface area (Å²) in [4.78, 5) is 16.9. The van der Waals surface area contributed by atoms with Crippen LogP contribution in [-0.2, 0) is 21.5 Å². The van der Waals surface area contributed by atoms with Crippen LogP contribution in [-0.4, -0.2) is 55.1 Å². The van der Waals surface area contributed by atoms with Crippen LogP contribution in [0.5, 0.6) is 0 Å². The Morgan fingerprint density at radius 2 is 1.80 bits per heavy atom. The summed E-state index contributed by atoms with van der Waals surface area (Å²) in [5.74, 6) is 0.260. The van der Waals surface area contributed by atoms with Crippen molar-refractivity contribution >= 4 is 5.91 Å². The van der Waals surface area contributed by atoms with E-state index >= 15 is 0 Å². The third-order valence-electron chi connectivity index (χ3n) is 4.80. The van der Waals surface area contributed by atoms with Crippen LogP contribution in [0.15, 0.2) is 24.3 Å². The molecule has 1 aliphatic rings. The third kappa shape index (κ3) is 6.44. The SMILES string of the molecule is CCCC(=O)N(CCN1CCOCC1)Cc1ccc(C(C)(C)C)cc1. The fourth-order valence-electron chi connectivity index (χ4n) is 3.08. The van der Waals surface area contributed by atoms with Gasteiger partial charge in [0.25, 0.3) is 0 Å². The number of morpholine rings is 1. The second-order valence-electron chi connectivity index (χ2n) is 7.97. The summed E-state index contributed by atoms with van der Waals surface area (Å²) in [5, 5.41) is 0. The summed E-state index contributed by atoms with van der Waals surface area (Å²) in [6, 6.07) is 8.72. The normalized spacial score (nSPS) is 16.0. The summed E-state index contributed by atoms with van der Waals surface area (Å²) in [5.41, 5.74) is 2.70. The number of ether oxygens (including phenoxy) is 1. The second kappa shape index (κ2) is 9.35. The Bertz CT molecular complexity index is 528. The first-order valence-corrected chi connectivity index (χ1v) is 9.57. The van der Waals surface area contributed by atoms with Gasteiger partial charge in [-0.1, -0.05) is 52.0 Å². The molecule has 1 aliphatic heterocycles. The van der Waals surface area contributed by atoms with Gasteiger partial charge in [0.05, 0.1) is 13.2 Å².